The maximum atomic E-state index is 14.2. The van der Waals surface area contributed by atoms with Gasteiger partial charge >= 0.3 is 5.97 Å². The van der Waals surface area contributed by atoms with Gasteiger partial charge in [-0.3, -0.25) is 0 Å². The number of hydrogen-bond donors (Lipinski definition) is 0. The zero-order valence-corrected chi connectivity index (χ0v) is 22.1. The molecular formula is C31H26FNO4S. The fourth-order valence-corrected chi connectivity index (χ4v) is 6.14. The number of ether oxygens (including phenoxy) is 1. The van der Waals surface area contributed by atoms with Gasteiger partial charge in [0.1, 0.15) is 5.82 Å². The largest absolute Gasteiger partial charge is 0.462 e. The van der Waals surface area contributed by atoms with E-state index in [1.165, 1.54) is 16.1 Å². The van der Waals surface area contributed by atoms with Gasteiger partial charge in [0.05, 0.1) is 28.3 Å². The topological polar surface area (TPSA) is 65.4 Å². The Bertz CT molecular complexity index is 1750. The molecule has 1 aromatic heterocycles. The average molecular weight is 528 g/mol. The minimum atomic E-state index is -4.05. The summed E-state index contributed by atoms with van der Waals surface area (Å²) in [7, 11) is -4.05. The van der Waals surface area contributed by atoms with E-state index in [4.69, 9.17) is 4.74 Å². The molecule has 0 amide bonds. The molecule has 7 heteroatoms. The molecule has 0 bridgehead atoms. The van der Waals surface area contributed by atoms with Crippen molar-refractivity contribution in [2.45, 2.75) is 25.7 Å². The first-order chi connectivity index (χ1) is 18.2. The van der Waals surface area contributed by atoms with Crippen LogP contribution in [-0.2, 0) is 14.8 Å². The van der Waals surface area contributed by atoms with E-state index >= 15 is 0 Å². The maximum Gasteiger partial charge on any atom is 0.338 e. The highest BCUT2D eigenvalue weighted by Crippen LogP contribution is 2.43. The SMILES string of the molecule is CCOC(=O)c1ccc(-c2c(-c3ccc(F)cc3)n(S(=O)(=O)c3ccc(C)cc3)c3ccc(C)cc23)cc1. The summed E-state index contributed by atoms with van der Waals surface area (Å²) in [6.45, 7) is 5.84. The van der Waals surface area contributed by atoms with Crippen LogP contribution >= 0.6 is 0 Å². The van der Waals surface area contributed by atoms with Gasteiger partial charge in [-0.25, -0.2) is 21.6 Å². The lowest BCUT2D eigenvalue weighted by Gasteiger charge is -2.14. The summed E-state index contributed by atoms with van der Waals surface area (Å²) in [5.41, 5.74) is 5.13. The second kappa shape index (κ2) is 9.91. The summed E-state index contributed by atoms with van der Waals surface area (Å²) in [6.07, 6.45) is 0. The highest BCUT2D eigenvalue weighted by molar-refractivity contribution is 7.90. The van der Waals surface area contributed by atoms with Crippen molar-refractivity contribution in [3.05, 3.63) is 114 Å². The third-order valence-corrected chi connectivity index (χ3v) is 8.17. The number of hydrogen-bond acceptors (Lipinski definition) is 4. The van der Waals surface area contributed by atoms with E-state index in [2.05, 4.69) is 0 Å². The lowest BCUT2D eigenvalue weighted by molar-refractivity contribution is 0.0526. The van der Waals surface area contributed by atoms with Gasteiger partial charge in [0.25, 0.3) is 10.0 Å². The molecule has 0 aliphatic carbocycles. The van der Waals surface area contributed by atoms with Gasteiger partial charge in [-0.2, -0.15) is 0 Å². The Labute approximate surface area is 221 Å². The number of esters is 1. The van der Waals surface area contributed by atoms with Crippen molar-refractivity contribution in [1.82, 2.24) is 3.97 Å². The maximum absolute atomic E-state index is 14.2. The molecule has 0 radical (unpaired) electrons. The Morgan fingerprint density at radius 2 is 1.42 bits per heavy atom. The van der Waals surface area contributed by atoms with Crippen molar-refractivity contribution < 1.29 is 22.3 Å². The van der Waals surface area contributed by atoms with Crippen molar-refractivity contribution in [3.8, 4) is 22.4 Å². The Hall–Kier alpha value is -4.23. The highest BCUT2D eigenvalue weighted by Gasteiger charge is 2.29. The van der Waals surface area contributed by atoms with Gasteiger partial charge in [0.15, 0.2) is 0 Å². The van der Waals surface area contributed by atoms with Crippen molar-refractivity contribution in [3.63, 3.8) is 0 Å². The number of aryl methyl sites for hydroxylation is 2. The number of halogens is 1. The Morgan fingerprint density at radius 1 is 0.816 bits per heavy atom. The van der Waals surface area contributed by atoms with E-state index in [9.17, 15) is 17.6 Å². The molecule has 0 fully saturated rings. The van der Waals surface area contributed by atoms with E-state index in [1.807, 2.05) is 26.0 Å². The standard InChI is InChI=1S/C31H26FNO4S/c1-4-37-31(34)24-10-8-22(9-11-24)29-27-19-21(3)7-18-28(27)33(30(29)23-12-14-25(32)15-13-23)38(35,36)26-16-5-20(2)6-17-26/h5-19H,4H2,1-3H3. The van der Waals surface area contributed by atoms with Crippen molar-refractivity contribution in [2.75, 3.05) is 6.61 Å². The number of carbonyl (C=O) groups is 1. The van der Waals surface area contributed by atoms with E-state index < -0.39 is 21.8 Å². The fourth-order valence-electron chi connectivity index (χ4n) is 4.59. The molecule has 5 rings (SSSR count). The van der Waals surface area contributed by atoms with E-state index in [0.717, 1.165) is 16.5 Å². The molecule has 0 atom stereocenters. The Balaban J connectivity index is 1.86. The van der Waals surface area contributed by atoms with Gasteiger partial charge in [-0.1, -0.05) is 41.5 Å². The lowest BCUT2D eigenvalue weighted by Crippen LogP contribution is -2.14. The molecule has 0 spiro atoms. The van der Waals surface area contributed by atoms with Crippen LogP contribution in [0.25, 0.3) is 33.3 Å². The lowest BCUT2D eigenvalue weighted by atomic mass is 9.97. The molecule has 0 aliphatic heterocycles. The van der Waals surface area contributed by atoms with Crippen molar-refractivity contribution in [1.29, 1.82) is 0 Å². The summed E-state index contributed by atoms with van der Waals surface area (Å²) >= 11 is 0. The summed E-state index contributed by atoms with van der Waals surface area (Å²) in [6, 6.07) is 25.0. The first-order valence-electron chi connectivity index (χ1n) is 12.2. The van der Waals surface area contributed by atoms with Gasteiger partial charge in [0, 0.05) is 16.5 Å². The number of carbonyl (C=O) groups excluding carboxylic acids is 1. The van der Waals surface area contributed by atoms with E-state index in [-0.39, 0.29) is 11.5 Å². The summed E-state index contributed by atoms with van der Waals surface area (Å²) in [5.74, 6) is -0.855. The van der Waals surface area contributed by atoms with Crippen LogP contribution in [0.5, 0.6) is 0 Å². The Kier molecular flexibility index (Phi) is 6.63. The second-order valence-corrected chi connectivity index (χ2v) is 10.9. The monoisotopic (exact) mass is 527 g/mol. The van der Waals surface area contributed by atoms with E-state index in [0.29, 0.717) is 33.5 Å². The minimum absolute atomic E-state index is 0.146. The first-order valence-corrected chi connectivity index (χ1v) is 13.7. The van der Waals surface area contributed by atoms with Crippen LogP contribution in [-0.4, -0.2) is 25.0 Å². The molecule has 0 aliphatic rings. The van der Waals surface area contributed by atoms with Crippen LogP contribution in [0.1, 0.15) is 28.4 Å². The van der Waals surface area contributed by atoms with Crippen LogP contribution in [0, 0.1) is 19.7 Å². The zero-order valence-electron chi connectivity index (χ0n) is 21.2. The van der Waals surface area contributed by atoms with E-state index in [1.54, 1.807) is 73.7 Å². The van der Waals surface area contributed by atoms with Crippen LogP contribution < -0.4 is 0 Å². The second-order valence-electron chi connectivity index (χ2n) is 9.13. The predicted octanol–water partition coefficient (Wildman–Crippen LogP) is 7.14. The summed E-state index contributed by atoms with van der Waals surface area (Å²) in [5, 5.41) is 0.726. The highest BCUT2D eigenvalue weighted by atomic mass is 32.2. The first kappa shape index (κ1) is 25.4. The van der Waals surface area contributed by atoms with Crippen LogP contribution in [0.3, 0.4) is 0 Å². The molecule has 1 heterocycles. The summed E-state index contributed by atoms with van der Waals surface area (Å²) in [4.78, 5) is 12.4. The third kappa shape index (κ3) is 4.50. The van der Waals surface area contributed by atoms with Crippen LogP contribution in [0.15, 0.2) is 95.9 Å². The molecular weight excluding hydrogens is 501 g/mol. The van der Waals surface area contributed by atoms with Gasteiger partial charge < -0.3 is 4.74 Å². The fraction of sp³-hybridized carbons (Fsp3) is 0.129. The van der Waals surface area contributed by atoms with Crippen LogP contribution in [0.4, 0.5) is 4.39 Å². The number of fused-ring (bicyclic) bond motifs is 1. The number of benzene rings is 4. The summed E-state index contributed by atoms with van der Waals surface area (Å²) < 4.78 is 48.8. The molecule has 5 aromatic rings. The molecule has 38 heavy (non-hydrogen) atoms. The third-order valence-electron chi connectivity index (χ3n) is 6.44. The molecule has 0 saturated carbocycles. The minimum Gasteiger partial charge on any atom is -0.462 e. The molecule has 0 N–H and O–H groups in total. The molecule has 5 nitrogen and oxygen atoms in total. The number of nitrogens with zero attached hydrogens (tertiary/aromatic N) is 1. The Morgan fingerprint density at radius 3 is 2.05 bits per heavy atom. The molecule has 4 aromatic carbocycles. The normalized spacial score (nSPS) is 11.6. The molecule has 0 saturated heterocycles. The average Bonchev–Trinajstić information content (AvgIpc) is 3.24. The van der Waals surface area contributed by atoms with Gasteiger partial charge in [0.2, 0.25) is 0 Å². The smallest absolute Gasteiger partial charge is 0.338 e. The molecule has 0 unspecified atom stereocenters. The van der Waals surface area contributed by atoms with Crippen LogP contribution in [0.2, 0.25) is 0 Å². The predicted molar refractivity (Wildman–Crippen MR) is 147 cm³/mol. The van der Waals surface area contributed by atoms with Gasteiger partial charge in [-0.15, -0.1) is 0 Å². The van der Waals surface area contributed by atoms with Gasteiger partial charge in [-0.05, 0) is 87.0 Å². The number of rotatable bonds is 6. The molecule has 192 valence electrons. The zero-order chi connectivity index (χ0) is 27.0. The van der Waals surface area contributed by atoms with Crippen molar-refractivity contribution in [2.24, 2.45) is 0 Å². The number of aromatic nitrogens is 1. The quantitative estimate of drug-likeness (QED) is 0.220. The van der Waals surface area contributed by atoms with Crippen molar-refractivity contribution >= 4 is 26.9 Å².